The van der Waals surface area contributed by atoms with E-state index in [4.69, 9.17) is 0 Å². The minimum Gasteiger partial charge on any atom is -0.611 e. The number of hydroxylamine groups is 2. The zero-order valence-electron chi connectivity index (χ0n) is 3.18. The van der Waals surface area contributed by atoms with Gasteiger partial charge in [0.1, 0.15) is 6.54 Å². The van der Waals surface area contributed by atoms with Crippen molar-refractivity contribution in [2.45, 2.75) is 0 Å². The van der Waals surface area contributed by atoms with Crippen LogP contribution in [0.1, 0.15) is 0 Å². The Hall–Kier alpha value is -0.160. The van der Waals surface area contributed by atoms with E-state index >= 15 is 0 Å². The quantitative estimate of drug-likeness (QED) is 0.316. The summed E-state index contributed by atoms with van der Waals surface area (Å²) >= 11 is 0. The molecule has 1 fully saturated rings. The summed E-state index contributed by atoms with van der Waals surface area (Å²) in [7, 11) is 0. The van der Waals surface area contributed by atoms with Gasteiger partial charge in [-0.1, -0.05) is 0 Å². The summed E-state index contributed by atoms with van der Waals surface area (Å²) in [5.74, 6) is 0. The second-order valence-electron chi connectivity index (χ2n) is 1.31. The zero-order chi connectivity index (χ0) is 4.62. The van der Waals surface area contributed by atoms with E-state index < -0.39 is 4.92 Å². The number of quaternary nitrogens is 1. The third kappa shape index (κ3) is 0.504. The molecule has 1 aliphatic heterocycles. The Kier molecular flexibility index (Phi) is 0.611. The highest BCUT2D eigenvalue weighted by Gasteiger charge is 2.13. The predicted molar refractivity (Wildman–Crippen MR) is 19.9 cm³/mol. The Morgan fingerprint density at radius 3 is 1.83 bits per heavy atom. The molecule has 0 aromatic rings. The molecule has 6 heavy (non-hydrogen) atoms. The Labute approximate surface area is 35.1 Å². The van der Waals surface area contributed by atoms with Crippen LogP contribution in [0, 0.1) is 10.4 Å². The van der Waals surface area contributed by atoms with Crippen LogP contribution in [0.3, 0.4) is 0 Å². The van der Waals surface area contributed by atoms with E-state index in [-0.39, 0.29) is 6.54 Å². The molecule has 0 aromatic carbocycles. The van der Waals surface area contributed by atoms with E-state index in [1.807, 2.05) is 0 Å². The van der Waals surface area contributed by atoms with Gasteiger partial charge in [-0.05, 0) is 0 Å². The molecule has 0 bridgehead atoms. The maximum atomic E-state index is 9.83. The molecule has 0 atom stereocenters. The predicted octanol–water partition coefficient (Wildman–Crippen LogP) is -0.683. The highest BCUT2D eigenvalue weighted by atomic mass is 16.9. The second-order valence-corrected chi connectivity index (χ2v) is 1.31. The number of rotatable bonds is 0. The fourth-order valence-electron chi connectivity index (χ4n) is 0.294. The lowest BCUT2D eigenvalue weighted by Crippen LogP contribution is -2.62. The number of hydrogen-bond donors (Lipinski definition) is 1. The van der Waals surface area contributed by atoms with Crippen LogP contribution in [-0.4, -0.2) is 18.0 Å². The van der Waals surface area contributed by atoms with Gasteiger partial charge in [-0.15, -0.1) is 0 Å². The fraction of sp³-hybridized carbons (Fsp3) is 1.00. The van der Waals surface area contributed by atoms with E-state index in [1.165, 1.54) is 0 Å². The van der Waals surface area contributed by atoms with Crippen molar-refractivity contribution >= 4 is 0 Å². The van der Waals surface area contributed by atoms with Gasteiger partial charge in [0.05, 0.1) is 6.54 Å². The molecule has 4 nitrogen and oxygen atoms in total. The monoisotopic (exact) mass is 89.0 g/mol. The van der Waals surface area contributed by atoms with Crippen LogP contribution in [0.2, 0.25) is 0 Å². The summed E-state index contributed by atoms with van der Waals surface area (Å²) in [5, 5.41) is 19.7. The SMILES string of the molecule is [O-][N+]1([O-])CCN1. The van der Waals surface area contributed by atoms with Crippen molar-refractivity contribution in [3.05, 3.63) is 10.4 Å². The summed E-state index contributed by atoms with van der Waals surface area (Å²) in [5.41, 5.74) is 2.11. The van der Waals surface area contributed by atoms with Crippen LogP contribution in [0.25, 0.3) is 0 Å². The second kappa shape index (κ2) is 0.913. The molecule has 0 aromatic heterocycles. The van der Waals surface area contributed by atoms with Crippen LogP contribution >= 0.6 is 0 Å². The first-order chi connectivity index (χ1) is 2.71. The smallest absolute Gasteiger partial charge is 0.114 e. The Morgan fingerprint density at radius 1 is 1.50 bits per heavy atom. The lowest BCUT2D eigenvalue weighted by molar-refractivity contribution is -0.917. The van der Waals surface area contributed by atoms with Crippen molar-refractivity contribution < 1.29 is 4.92 Å². The molecule has 0 amide bonds. The maximum Gasteiger partial charge on any atom is 0.114 e. The van der Waals surface area contributed by atoms with Gasteiger partial charge in [-0.3, -0.25) is 0 Å². The first-order valence-corrected chi connectivity index (χ1v) is 1.76. The minimum atomic E-state index is -1.50. The normalized spacial score (nSPS) is 29.0. The van der Waals surface area contributed by atoms with Gasteiger partial charge in [0.2, 0.25) is 0 Å². The van der Waals surface area contributed by atoms with Crippen LogP contribution in [0.5, 0.6) is 0 Å². The summed E-state index contributed by atoms with van der Waals surface area (Å²) in [6, 6.07) is 0. The Balaban J connectivity index is 2.31. The number of hydrogen-bond acceptors (Lipinski definition) is 3. The molecule has 0 radical (unpaired) electrons. The highest BCUT2D eigenvalue weighted by molar-refractivity contribution is 4.49. The van der Waals surface area contributed by atoms with Gasteiger partial charge in [-0.2, -0.15) is 5.43 Å². The first-order valence-electron chi connectivity index (χ1n) is 1.76. The van der Waals surface area contributed by atoms with Crippen LogP contribution in [0.4, 0.5) is 0 Å². The average molecular weight is 89.1 g/mol. The topological polar surface area (TPSA) is 58.1 Å². The molecule has 0 unspecified atom stereocenters. The zero-order valence-corrected chi connectivity index (χ0v) is 3.18. The summed E-state index contributed by atoms with van der Waals surface area (Å²) in [6.45, 7) is 0.729. The molecule has 1 rings (SSSR count). The summed E-state index contributed by atoms with van der Waals surface area (Å²) in [6.07, 6.45) is 0. The number of nitrogens with zero attached hydrogens (tertiary/aromatic N) is 1. The molecular weight excluding hydrogens is 84.0 g/mol. The van der Waals surface area contributed by atoms with Crippen molar-refractivity contribution in [3.63, 3.8) is 0 Å². The average Bonchev–Trinajstić information content (AvgIpc) is 1.32. The van der Waals surface area contributed by atoms with Crippen molar-refractivity contribution in [2.75, 3.05) is 13.1 Å². The molecular formula is C2H5N2O2-. The molecule has 1 N–H and O–H groups in total. The molecule has 1 saturated heterocycles. The lowest BCUT2D eigenvalue weighted by atomic mass is 10.6. The van der Waals surface area contributed by atoms with E-state index in [2.05, 4.69) is 5.43 Å². The Bertz CT molecular complexity index is 56.6. The molecule has 0 spiro atoms. The molecule has 4 heteroatoms. The van der Waals surface area contributed by atoms with Crippen molar-refractivity contribution in [2.24, 2.45) is 0 Å². The van der Waals surface area contributed by atoms with Gasteiger partial charge in [0.25, 0.3) is 0 Å². The van der Waals surface area contributed by atoms with E-state index in [9.17, 15) is 10.4 Å². The first kappa shape index (κ1) is 4.01. The van der Waals surface area contributed by atoms with Gasteiger partial charge >= 0.3 is 0 Å². The summed E-state index contributed by atoms with van der Waals surface area (Å²) in [4.78, 5) is -1.50. The molecule has 0 aliphatic carbocycles. The van der Waals surface area contributed by atoms with Gasteiger partial charge in [-0.25, -0.2) is 0 Å². The molecule has 0 saturated carbocycles. The highest BCUT2D eigenvalue weighted by Crippen LogP contribution is 2.00. The van der Waals surface area contributed by atoms with Crippen LogP contribution in [0.15, 0.2) is 0 Å². The van der Waals surface area contributed by atoms with Crippen molar-refractivity contribution in [1.29, 1.82) is 0 Å². The lowest BCUT2D eigenvalue weighted by Gasteiger charge is -2.52. The van der Waals surface area contributed by atoms with Crippen molar-refractivity contribution in [1.82, 2.24) is 5.43 Å². The van der Waals surface area contributed by atoms with Crippen molar-refractivity contribution in [3.8, 4) is 0 Å². The molecule has 1 aliphatic rings. The maximum absolute atomic E-state index is 9.83. The van der Waals surface area contributed by atoms with E-state index in [0.29, 0.717) is 6.54 Å². The molecule has 1 heterocycles. The third-order valence-electron chi connectivity index (χ3n) is 0.759. The standard InChI is InChI=1S/C2H5N2O2/c5-4(6)2-1-3-4/h3H,1-2H2/q-1. The minimum absolute atomic E-state index is 0.167. The summed E-state index contributed by atoms with van der Waals surface area (Å²) < 4.78 is 0. The fourth-order valence-corrected chi connectivity index (χ4v) is 0.294. The van der Waals surface area contributed by atoms with E-state index in [1.54, 1.807) is 0 Å². The third-order valence-corrected chi connectivity index (χ3v) is 0.759. The van der Waals surface area contributed by atoms with Gasteiger partial charge < -0.3 is 15.3 Å². The van der Waals surface area contributed by atoms with E-state index in [0.717, 1.165) is 0 Å². The van der Waals surface area contributed by atoms with Gasteiger partial charge in [0, 0.05) is 0 Å². The number of nitrogens with one attached hydrogen (secondary N) is 1. The van der Waals surface area contributed by atoms with Crippen LogP contribution in [-0.2, 0) is 0 Å². The molecule has 36 valence electrons. The Morgan fingerprint density at radius 2 is 1.83 bits per heavy atom. The van der Waals surface area contributed by atoms with Crippen LogP contribution < -0.4 is 5.43 Å². The largest absolute Gasteiger partial charge is 0.611 e. The van der Waals surface area contributed by atoms with Gasteiger partial charge in [0.15, 0.2) is 0 Å².